The van der Waals surface area contributed by atoms with Crippen LogP contribution >= 0.6 is 11.6 Å². The highest BCUT2D eigenvalue weighted by atomic mass is 35.5. The molecule has 0 saturated carbocycles. The van der Waals surface area contributed by atoms with Crippen LogP contribution in [-0.4, -0.2) is 0 Å². The third-order valence-electron chi connectivity index (χ3n) is 1.45. The molecule has 10 heavy (non-hydrogen) atoms. The molecule has 0 saturated heterocycles. The zero-order valence-corrected chi connectivity index (χ0v) is 6.64. The van der Waals surface area contributed by atoms with Crippen molar-refractivity contribution in [1.82, 2.24) is 0 Å². The Morgan fingerprint density at radius 2 is 2.10 bits per heavy atom. The van der Waals surface area contributed by atoms with Crippen LogP contribution < -0.4 is 4.73 Å². The lowest BCUT2D eigenvalue weighted by Gasteiger charge is -2.02. The normalized spacial score (nSPS) is 9.90. The quantitative estimate of drug-likeness (QED) is 0.415. The lowest BCUT2D eigenvalue weighted by Crippen LogP contribution is -2.29. The van der Waals surface area contributed by atoms with Crippen LogP contribution in [0.15, 0.2) is 12.3 Å². The van der Waals surface area contributed by atoms with Gasteiger partial charge in [0, 0.05) is 13.0 Å². The first-order valence-corrected chi connectivity index (χ1v) is 3.35. The minimum atomic E-state index is 0.553. The Kier molecular flexibility index (Phi) is 1.81. The second kappa shape index (κ2) is 2.46. The highest BCUT2D eigenvalue weighted by Crippen LogP contribution is 2.14. The van der Waals surface area contributed by atoms with Crippen LogP contribution in [0.1, 0.15) is 11.3 Å². The van der Waals surface area contributed by atoms with Gasteiger partial charge in [0.05, 0.1) is 0 Å². The Morgan fingerprint density at radius 1 is 1.50 bits per heavy atom. The second-order valence-electron chi connectivity index (χ2n) is 2.22. The van der Waals surface area contributed by atoms with Crippen LogP contribution in [0, 0.1) is 19.1 Å². The summed E-state index contributed by atoms with van der Waals surface area (Å²) < 4.78 is 0.759. The fourth-order valence-corrected chi connectivity index (χ4v) is 0.893. The Balaban J connectivity index is 3.34. The first-order chi connectivity index (χ1) is 4.63. The minimum absolute atomic E-state index is 0.553. The molecule has 1 heterocycles. The fraction of sp³-hybridized carbons (Fsp3) is 0.286. The predicted octanol–water partition coefficient (Wildman–Crippen LogP) is 1.59. The topological polar surface area (TPSA) is 26.9 Å². The van der Waals surface area contributed by atoms with E-state index in [1.165, 1.54) is 6.20 Å². The number of halogens is 1. The molecule has 0 atom stereocenters. The molecule has 1 aromatic heterocycles. The molecule has 2 nitrogen and oxygen atoms in total. The molecule has 0 spiro atoms. The van der Waals surface area contributed by atoms with Gasteiger partial charge in [-0.1, -0.05) is 11.6 Å². The Morgan fingerprint density at radius 3 is 2.60 bits per heavy atom. The summed E-state index contributed by atoms with van der Waals surface area (Å²) in [6.07, 6.45) is 1.45. The molecule has 1 rings (SSSR count). The van der Waals surface area contributed by atoms with Crippen LogP contribution in [0.25, 0.3) is 0 Å². The molecule has 0 radical (unpaired) electrons. The average molecular weight is 158 g/mol. The smallest absolute Gasteiger partial charge is 0.208 e. The molecule has 54 valence electrons. The molecule has 0 unspecified atom stereocenters. The standard InChI is InChI=1S/C7H8ClNO/c1-5-3-4-9(10)6(2)7(5)8/h3-4H,1-2H3. The van der Waals surface area contributed by atoms with Gasteiger partial charge in [-0.25, -0.2) is 0 Å². The first kappa shape index (κ1) is 7.35. The van der Waals surface area contributed by atoms with Gasteiger partial charge in [0.25, 0.3) is 0 Å². The van der Waals surface area contributed by atoms with E-state index >= 15 is 0 Å². The predicted molar refractivity (Wildman–Crippen MR) is 39.9 cm³/mol. The number of pyridine rings is 1. The molecule has 0 aliphatic rings. The van der Waals surface area contributed by atoms with Crippen molar-refractivity contribution in [1.29, 1.82) is 0 Å². The van der Waals surface area contributed by atoms with Crippen molar-refractivity contribution < 1.29 is 4.73 Å². The van der Waals surface area contributed by atoms with Gasteiger partial charge in [0.1, 0.15) is 5.02 Å². The molecule has 0 amide bonds. The summed E-state index contributed by atoms with van der Waals surface area (Å²) in [5.41, 5.74) is 1.49. The van der Waals surface area contributed by atoms with Gasteiger partial charge >= 0.3 is 0 Å². The summed E-state index contributed by atoms with van der Waals surface area (Å²) >= 11 is 5.76. The third kappa shape index (κ3) is 1.07. The maximum atomic E-state index is 10.8. The Bertz CT molecular complexity index is 233. The van der Waals surface area contributed by atoms with Crippen LogP contribution in [-0.2, 0) is 0 Å². The van der Waals surface area contributed by atoms with Gasteiger partial charge in [-0.2, -0.15) is 4.73 Å². The summed E-state index contributed by atoms with van der Waals surface area (Å²) in [5.74, 6) is 0. The van der Waals surface area contributed by atoms with Gasteiger partial charge < -0.3 is 5.21 Å². The van der Waals surface area contributed by atoms with Gasteiger partial charge in [-0.05, 0) is 12.5 Å². The lowest BCUT2D eigenvalue weighted by atomic mass is 10.2. The van der Waals surface area contributed by atoms with Crippen molar-refractivity contribution >= 4 is 11.6 Å². The summed E-state index contributed by atoms with van der Waals surface area (Å²) in [5, 5.41) is 11.4. The van der Waals surface area contributed by atoms with Gasteiger partial charge in [0.15, 0.2) is 6.20 Å². The Labute approximate surface area is 64.6 Å². The number of hydrogen-bond donors (Lipinski definition) is 0. The van der Waals surface area contributed by atoms with E-state index in [1.54, 1.807) is 13.0 Å². The molecule has 1 aromatic rings. The van der Waals surface area contributed by atoms with Crippen molar-refractivity contribution in [2.45, 2.75) is 13.8 Å². The minimum Gasteiger partial charge on any atom is -0.618 e. The molecule has 3 heteroatoms. The lowest BCUT2D eigenvalue weighted by molar-refractivity contribution is -0.612. The van der Waals surface area contributed by atoms with Gasteiger partial charge in [-0.3, -0.25) is 0 Å². The molecule has 0 N–H and O–H groups in total. The van der Waals surface area contributed by atoms with Crippen molar-refractivity contribution in [2.75, 3.05) is 0 Å². The van der Waals surface area contributed by atoms with Crippen LogP contribution in [0.3, 0.4) is 0 Å². The van der Waals surface area contributed by atoms with E-state index in [0.717, 1.165) is 10.3 Å². The van der Waals surface area contributed by atoms with E-state index in [0.29, 0.717) is 10.7 Å². The van der Waals surface area contributed by atoms with Crippen molar-refractivity contribution in [3.63, 3.8) is 0 Å². The molecule has 0 aliphatic carbocycles. The maximum Gasteiger partial charge on any atom is 0.208 e. The summed E-state index contributed by atoms with van der Waals surface area (Å²) in [6.45, 7) is 3.57. The maximum absolute atomic E-state index is 10.8. The monoisotopic (exact) mass is 157 g/mol. The van der Waals surface area contributed by atoms with Crippen molar-refractivity contribution in [3.8, 4) is 0 Å². The van der Waals surface area contributed by atoms with E-state index in [1.807, 2.05) is 6.92 Å². The van der Waals surface area contributed by atoms with Crippen LogP contribution in [0.2, 0.25) is 5.02 Å². The number of aromatic nitrogens is 1. The third-order valence-corrected chi connectivity index (χ3v) is 2.03. The molecule has 0 fully saturated rings. The van der Waals surface area contributed by atoms with E-state index in [2.05, 4.69) is 0 Å². The number of rotatable bonds is 0. The van der Waals surface area contributed by atoms with E-state index in [9.17, 15) is 5.21 Å². The number of hydrogen-bond acceptors (Lipinski definition) is 1. The largest absolute Gasteiger partial charge is 0.618 e. The summed E-state index contributed by atoms with van der Waals surface area (Å²) in [7, 11) is 0. The summed E-state index contributed by atoms with van der Waals surface area (Å²) in [6, 6.07) is 1.70. The highest BCUT2D eigenvalue weighted by molar-refractivity contribution is 6.31. The number of aryl methyl sites for hydroxylation is 1. The average Bonchev–Trinajstić information content (AvgIpc) is 1.93. The highest BCUT2D eigenvalue weighted by Gasteiger charge is 2.06. The fourth-order valence-electron chi connectivity index (χ4n) is 0.747. The first-order valence-electron chi connectivity index (χ1n) is 2.98. The zero-order chi connectivity index (χ0) is 7.72. The molecular formula is C7H8ClNO. The molecule has 0 aliphatic heterocycles. The molecule has 0 aromatic carbocycles. The van der Waals surface area contributed by atoms with Crippen molar-refractivity contribution in [2.24, 2.45) is 0 Å². The Hall–Kier alpha value is -0.760. The van der Waals surface area contributed by atoms with Gasteiger partial charge in [0.2, 0.25) is 5.69 Å². The summed E-state index contributed by atoms with van der Waals surface area (Å²) in [4.78, 5) is 0. The molecule has 0 bridgehead atoms. The van der Waals surface area contributed by atoms with E-state index in [-0.39, 0.29) is 0 Å². The number of nitrogens with zero attached hydrogens (tertiary/aromatic N) is 1. The molecular weight excluding hydrogens is 150 g/mol. The van der Waals surface area contributed by atoms with Crippen LogP contribution in [0.5, 0.6) is 0 Å². The zero-order valence-electron chi connectivity index (χ0n) is 5.89. The van der Waals surface area contributed by atoms with Crippen molar-refractivity contribution in [3.05, 3.63) is 33.8 Å². The van der Waals surface area contributed by atoms with Crippen LogP contribution in [0.4, 0.5) is 0 Å². The van der Waals surface area contributed by atoms with E-state index < -0.39 is 0 Å². The SMILES string of the molecule is Cc1cc[n+]([O-])c(C)c1Cl. The second-order valence-corrected chi connectivity index (χ2v) is 2.60. The van der Waals surface area contributed by atoms with E-state index in [4.69, 9.17) is 11.6 Å². The van der Waals surface area contributed by atoms with Gasteiger partial charge in [-0.15, -0.1) is 0 Å².